The van der Waals surface area contributed by atoms with E-state index in [0.29, 0.717) is 0 Å². The minimum Gasteiger partial charge on any atom is -0.143 e. The third-order valence-corrected chi connectivity index (χ3v) is 10.1. The highest BCUT2D eigenvalue weighted by atomic mass is 32.1. The summed E-state index contributed by atoms with van der Waals surface area (Å²) in [5, 5.41) is 3.73. The van der Waals surface area contributed by atoms with Crippen LogP contribution in [0.1, 0.15) is 97.9 Å². The summed E-state index contributed by atoms with van der Waals surface area (Å²) in [7, 11) is 0. The first kappa shape index (κ1) is 28.0. The number of thiophene rings is 1. The zero-order chi connectivity index (χ0) is 28.3. The lowest BCUT2D eigenvalue weighted by atomic mass is 9.71. The van der Waals surface area contributed by atoms with Gasteiger partial charge in [-0.2, -0.15) is 0 Å². The molecule has 0 saturated carbocycles. The summed E-state index contributed by atoms with van der Waals surface area (Å²) in [5.74, 6) is 0. The molecule has 0 fully saturated rings. The topological polar surface area (TPSA) is 0 Å². The molecule has 0 atom stereocenters. The molecule has 0 unspecified atom stereocenters. The van der Waals surface area contributed by atoms with Crippen molar-refractivity contribution in [1.29, 1.82) is 0 Å². The summed E-state index contributed by atoms with van der Waals surface area (Å²) in [5.41, 5.74) is 19.0. The fraction of sp³-hybridized carbons (Fsp3) is 0.350. The summed E-state index contributed by atoms with van der Waals surface area (Å²) >= 11 is 1.92. The van der Waals surface area contributed by atoms with E-state index in [2.05, 4.69) is 99.8 Å². The van der Waals surface area contributed by atoms with E-state index >= 15 is 0 Å². The number of rotatable bonds is 10. The van der Waals surface area contributed by atoms with Crippen molar-refractivity contribution in [3.63, 3.8) is 0 Å². The minimum absolute atomic E-state index is 1.05. The second-order valence-corrected chi connectivity index (χ2v) is 12.7. The molecule has 0 N–H and O–H groups in total. The lowest BCUT2D eigenvalue weighted by Crippen LogP contribution is -2.20. The summed E-state index contributed by atoms with van der Waals surface area (Å²) in [6, 6.07) is 24.8. The van der Waals surface area contributed by atoms with E-state index in [4.69, 9.17) is 0 Å². The van der Waals surface area contributed by atoms with E-state index in [9.17, 15) is 0 Å². The molecule has 5 aromatic rings. The highest BCUT2D eigenvalue weighted by Crippen LogP contribution is 2.49. The van der Waals surface area contributed by atoms with Crippen molar-refractivity contribution in [3.05, 3.63) is 117 Å². The van der Waals surface area contributed by atoms with E-state index in [1.165, 1.54) is 83.7 Å². The van der Waals surface area contributed by atoms with Crippen LogP contribution in [0, 0.1) is 0 Å². The van der Waals surface area contributed by atoms with Crippen LogP contribution in [0.4, 0.5) is 0 Å². The lowest BCUT2D eigenvalue weighted by molar-refractivity contribution is 0.774. The molecule has 41 heavy (non-hydrogen) atoms. The van der Waals surface area contributed by atoms with E-state index < -0.39 is 0 Å². The predicted molar refractivity (Wildman–Crippen MR) is 181 cm³/mol. The Morgan fingerprint density at radius 3 is 1.41 bits per heavy atom. The van der Waals surface area contributed by atoms with Crippen molar-refractivity contribution >= 4 is 21.4 Å². The molecule has 1 aliphatic carbocycles. The molecule has 0 nitrogen and oxygen atoms in total. The fourth-order valence-electron chi connectivity index (χ4n) is 7.62. The van der Waals surface area contributed by atoms with Crippen LogP contribution in [0.15, 0.2) is 72.1 Å². The van der Waals surface area contributed by atoms with Gasteiger partial charge in [-0.25, -0.2) is 0 Å². The Labute approximate surface area is 251 Å². The Morgan fingerprint density at radius 1 is 0.488 bits per heavy atom. The Hall–Kier alpha value is -3.16. The zero-order valence-corrected chi connectivity index (χ0v) is 26.2. The lowest BCUT2D eigenvalue weighted by Gasteiger charge is -2.33. The van der Waals surface area contributed by atoms with E-state index in [-0.39, 0.29) is 0 Å². The van der Waals surface area contributed by atoms with Crippen molar-refractivity contribution in [2.75, 3.05) is 0 Å². The first-order valence-electron chi connectivity index (χ1n) is 16.0. The molecular formula is C40H44S. The average molecular weight is 557 g/mol. The molecule has 0 spiro atoms. The quantitative estimate of drug-likeness (QED) is 0.157. The van der Waals surface area contributed by atoms with Crippen molar-refractivity contribution in [1.82, 2.24) is 0 Å². The van der Waals surface area contributed by atoms with Crippen LogP contribution < -0.4 is 0 Å². The third-order valence-electron chi connectivity index (χ3n) is 9.15. The maximum absolute atomic E-state index is 2.38. The molecule has 1 heterocycles. The van der Waals surface area contributed by atoms with E-state index in [0.717, 1.165) is 12.8 Å². The zero-order valence-electron chi connectivity index (χ0n) is 25.4. The summed E-state index contributed by atoms with van der Waals surface area (Å²) < 4.78 is 1.44. The molecule has 0 amide bonds. The monoisotopic (exact) mass is 556 g/mol. The van der Waals surface area contributed by atoms with Gasteiger partial charge in [0.15, 0.2) is 0 Å². The largest absolute Gasteiger partial charge is 0.143 e. The Morgan fingerprint density at radius 2 is 0.927 bits per heavy atom. The SMILES string of the molecule is CCCc1c(CCC)c(CCC)c2c(c1CCC)Cc1c(c(-c3ccccc3)c3sccc3c1-c1ccccc1)C2. The second-order valence-electron chi connectivity index (χ2n) is 11.8. The van der Waals surface area contributed by atoms with Crippen LogP contribution in [-0.2, 0) is 38.5 Å². The molecule has 0 saturated heterocycles. The van der Waals surface area contributed by atoms with Gasteiger partial charge in [0.05, 0.1) is 0 Å². The van der Waals surface area contributed by atoms with Crippen LogP contribution in [-0.4, -0.2) is 0 Å². The smallest absolute Gasteiger partial charge is 0.0430 e. The van der Waals surface area contributed by atoms with Gasteiger partial charge in [-0.05, 0) is 111 Å². The molecule has 210 valence electrons. The van der Waals surface area contributed by atoms with Gasteiger partial charge in [-0.3, -0.25) is 0 Å². The van der Waals surface area contributed by atoms with Crippen molar-refractivity contribution in [2.24, 2.45) is 0 Å². The van der Waals surface area contributed by atoms with Gasteiger partial charge in [-0.15, -0.1) is 11.3 Å². The molecule has 0 radical (unpaired) electrons. The van der Waals surface area contributed by atoms with Crippen LogP contribution in [0.2, 0.25) is 0 Å². The second kappa shape index (κ2) is 12.4. The summed E-state index contributed by atoms with van der Waals surface area (Å²) in [6.07, 6.45) is 11.8. The van der Waals surface area contributed by atoms with Crippen LogP contribution in [0.25, 0.3) is 32.3 Å². The first-order valence-corrected chi connectivity index (χ1v) is 16.9. The molecule has 1 heteroatoms. The van der Waals surface area contributed by atoms with Crippen LogP contribution >= 0.6 is 11.3 Å². The van der Waals surface area contributed by atoms with Crippen LogP contribution in [0.3, 0.4) is 0 Å². The number of fused-ring (bicyclic) bond motifs is 3. The van der Waals surface area contributed by atoms with Crippen molar-refractivity contribution < 1.29 is 0 Å². The maximum Gasteiger partial charge on any atom is 0.0430 e. The van der Waals surface area contributed by atoms with Gasteiger partial charge >= 0.3 is 0 Å². The van der Waals surface area contributed by atoms with Gasteiger partial charge in [0.2, 0.25) is 0 Å². The number of hydrogen-bond acceptors (Lipinski definition) is 1. The standard InChI is InChI=1S/C40H44S/c1-5-15-29-30(16-6-2)32(18-8-4)35-26-37-36(25-34(35)31(29)17-7-3)38(27-19-11-9-12-20-27)33-23-24-41-40(33)39(37)28-21-13-10-14-22-28/h9-14,19-24H,5-8,15-18,25-26H2,1-4H3. The predicted octanol–water partition coefficient (Wildman–Crippen LogP) is 11.5. The van der Waals surface area contributed by atoms with Crippen LogP contribution in [0.5, 0.6) is 0 Å². The van der Waals surface area contributed by atoms with Gasteiger partial charge in [0, 0.05) is 15.6 Å². The average Bonchev–Trinajstić information content (AvgIpc) is 3.48. The highest BCUT2D eigenvalue weighted by molar-refractivity contribution is 7.18. The highest BCUT2D eigenvalue weighted by Gasteiger charge is 2.31. The van der Waals surface area contributed by atoms with E-state index in [1.54, 1.807) is 44.5 Å². The fourth-order valence-corrected chi connectivity index (χ4v) is 8.61. The first-order chi connectivity index (χ1) is 20.2. The Balaban J connectivity index is 1.72. The third kappa shape index (κ3) is 4.97. The minimum atomic E-state index is 1.05. The Bertz CT molecular complexity index is 1530. The maximum atomic E-state index is 2.38. The normalized spacial score (nSPS) is 12.5. The summed E-state index contributed by atoms with van der Waals surface area (Å²) in [6.45, 7) is 9.48. The van der Waals surface area contributed by atoms with Crippen molar-refractivity contribution in [2.45, 2.75) is 91.9 Å². The van der Waals surface area contributed by atoms with Crippen molar-refractivity contribution in [3.8, 4) is 22.3 Å². The molecule has 1 aliphatic rings. The molecule has 1 aromatic heterocycles. The molecule has 0 bridgehead atoms. The van der Waals surface area contributed by atoms with Gasteiger partial charge in [0.25, 0.3) is 0 Å². The van der Waals surface area contributed by atoms with Gasteiger partial charge < -0.3 is 0 Å². The van der Waals surface area contributed by atoms with Gasteiger partial charge in [-0.1, -0.05) is 114 Å². The Kier molecular flexibility index (Phi) is 8.45. The van der Waals surface area contributed by atoms with E-state index in [1.807, 2.05) is 11.3 Å². The molecule has 0 aliphatic heterocycles. The molecular weight excluding hydrogens is 513 g/mol. The molecule has 4 aromatic carbocycles. The van der Waals surface area contributed by atoms with Gasteiger partial charge in [0.1, 0.15) is 0 Å². The molecule has 6 rings (SSSR count). The number of benzene rings is 4. The number of hydrogen-bond donors (Lipinski definition) is 0. The summed E-state index contributed by atoms with van der Waals surface area (Å²) in [4.78, 5) is 0.